The first-order chi connectivity index (χ1) is 8.24. The number of rotatable bonds is 6. The molecule has 2 rings (SSSR count). The van der Waals surface area contributed by atoms with Gasteiger partial charge in [0.2, 0.25) is 0 Å². The van der Waals surface area contributed by atoms with Crippen LogP contribution in [0, 0.1) is 12.8 Å². The molecule has 1 atom stereocenters. The number of nitrogens with one attached hydrogen (secondary N) is 1. The van der Waals surface area contributed by atoms with E-state index in [4.69, 9.17) is 4.74 Å². The second kappa shape index (κ2) is 5.54. The molecule has 2 nitrogen and oxygen atoms in total. The molecule has 1 unspecified atom stereocenters. The summed E-state index contributed by atoms with van der Waals surface area (Å²) < 4.78 is 5.47. The van der Waals surface area contributed by atoms with Gasteiger partial charge in [0.25, 0.3) is 0 Å². The van der Waals surface area contributed by atoms with E-state index in [2.05, 4.69) is 30.4 Å². The molecule has 1 aromatic carbocycles. The van der Waals surface area contributed by atoms with Crippen LogP contribution in [0.3, 0.4) is 0 Å². The minimum atomic E-state index is 0.422. The van der Waals surface area contributed by atoms with Crippen LogP contribution in [-0.4, -0.2) is 14.2 Å². The summed E-state index contributed by atoms with van der Waals surface area (Å²) in [4.78, 5) is 0. The first-order valence-electron chi connectivity index (χ1n) is 6.56. The maximum atomic E-state index is 5.47. The highest BCUT2D eigenvalue weighted by atomic mass is 16.5. The average Bonchev–Trinajstić information content (AvgIpc) is 3.14. The van der Waals surface area contributed by atoms with Gasteiger partial charge in [-0.15, -0.1) is 0 Å². The maximum absolute atomic E-state index is 5.47. The summed E-state index contributed by atoms with van der Waals surface area (Å²) in [5.41, 5.74) is 2.60. The molecule has 1 fully saturated rings. The van der Waals surface area contributed by atoms with Gasteiger partial charge in [-0.3, -0.25) is 0 Å². The fraction of sp³-hybridized carbons (Fsp3) is 0.600. The van der Waals surface area contributed by atoms with E-state index < -0.39 is 0 Å². The van der Waals surface area contributed by atoms with Crippen molar-refractivity contribution in [1.82, 2.24) is 5.32 Å². The highest BCUT2D eigenvalue weighted by Gasteiger charge is 2.23. The van der Waals surface area contributed by atoms with Crippen molar-refractivity contribution in [3.63, 3.8) is 0 Å². The van der Waals surface area contributed by atoms with Gasteiger partial charge >= 0.3 is 0 Å². The third-order valence-corrected chi connectivity index (χ3v) is 3.67. The summed E-state index contributed by atoms with van der Waals surface area (Å²) in [6.45, 7) is 2.14. The number of aryl methyl sites for hydroxylation is 1. The molecule has 1 aliphatic rings. The standard InChI is InChI=1S/C15H23NO/c1-11-4-9-15(17-3)13(10-11)14(16-2)8-7-12-5-6-12/h4,9-10,12,14,16H,5-8H2,1-3H3. The second-order valence-corrected chi connectivity index (χ2v) is 5.11. The molecule has 1 saturated carbocycles. The molecule has 1 aromatic rings. The summed E-state index contributed by atoms with van der Waals surface area (Å²) in [5.74, 6) is 1.99. The van der Waals surface area contributed by atoms with Gasteiger partial charge in [0, 0.05) is 11.6 Å². The lowest BCUT2D eigenvalue weighted by molar-refractivity contribution is 0.396. The molecule has 0 spiro atoms. The molecule has 17 heavy (non-hydrogen) atoms. The predicted octanol–water partition coefficient (Wildman–Crippen LogP) is 3.45. The molecule has 1 aliphatic carbocycles. The van der Waals surface area contributed by atoms with Crippen LogP contribution in [-0.2, 0) is 0 Å². The number of methoxy groups -OCH3 is 1. The third-order valence-electron chi connectivity index (χ3n) is 3.67. The second-order valence-electron chi connectivity index (χ2n) is 5.11. The Morgan fingerprint density at radius 2 is 2.18 bits per heavy atom. The number of ether oxygens (including phenoxy) is 1. The molecule has 0 aliphatic heterocycles. The van der Waals surface area contributed by atoms with Crippen LogP contribution in [0.1, 0.15) is 42.9 Å². The van der Waals surface area contributed by atoms with E-state index in [0.29, 0.717) is 6.04 Å². The fourth-order valence-corrected chi connectivity index (χ4v) is 2.39. The van der Waals surface area contributed by atoms with Crippen molar-refractivity contribution >= 4 is 0 Å². The number of hydrogen-bond donors (Lipinski definition) is 1. The summed E-state index contributed by atoms with van der Waals surface area (Å²) in [7, 11) is 3.79. The van der Waals surface area contributed by atoms with Crippen molar-refractivity contribution in [1.29, 1.82) is 0 Å². The van der Waals surface area contributed by atoms with E-state index in [1.165, 1.54) is 36.8 Å². The van der Waals surface area contributed by atoms with Gasteiger partial charge in [-0.1, -0.05) is 30.5 Å². The van der Waals surface area contributed by atoms with Crippen molar-refractivity contribution < 1.29 is 4.74 Å². The zero-order valence-electron chi connectivity index (χ0n) is 11.1. The van der Waals surface area contributed by atoms with Crippen molar-refractivity contribution in [2.45, 2.75) is 38.6 Å². The molecule has 94 valence electrons. The molecular formula is C15H23NO. The predicted molar refractivity (Wildman–Crippen MR) is 71.5 cm³/mol. The van der Waals surface area contributed by atoms with Gasteiger partial charge in [0.05, 0.1) is 7.11 Å². The van der Waals surface area contributed by atoms with Crippen LogP contribution in [0.5, 0.6) is 5.75 Å². The number of hydrogen-bond acceptors (Lipinski definition) is 2. The highest BCUT2D eigenvalue weighted by molar-refractivity contribution is 5.39. The lowest BCUT2D eigenvalue weighted by Gasteiger charge is -2.20. The largest absolute Gasteiger partial charge is 0.496 e. The Hall–Kier alpha value is -1.02. The SMILES string of the molecule is CNC(CCC1CC1)c1cc(C)ccc1OC. The Balaban J connectivity index is 2.12. The Kier molecular flexibility index (Phi) is 4.06. The van der Waals surface area contributed by atoms with Crippen LogP contribution in [0.2, 0.25) is 0 Å². The molecule has 0 bridgehead atoms. The Morgan fingerprint density at radius 1 is 1.41 bits per heavy atom. The van der Waals surface area contributed by atoms with E-state index in [1.807, 2.05) is 7.05 Å². The molecule has 0 heterocycles. The fourth-order valence-electron chi connectivity index (χ4n) is 2.39. The van der Waals surface area contributed by atoms with Crippen molar-refractivity contribution in [3.8, 4) is 5.75 Å². The van der Waals surface area contributed by atoms with E-state index >= 15 is 0 Å². The summed E-state index contributed by atoms with van der Waals surface area (Å²) >= 11 is 0. The Morgan fingerprint density at radius 3 is 2.76 bits per heavy atom. The van der Waals surface area contributed by atoms with Gasteiger partial charge in [-0.25, -0.2) is 0 Å². The average molecular weight is 233 g/mol. The quantitative estimate of drug-likeness (QED) is 0.812. The minimum absolute atomic E-state index is 0.422. The smallest absolute Gasteiger partial charge is 0.123 e. The van der Waals surface area contributed by atoms with Crippen molar-refractivity contribution in [2.24, 2.45) is 5.92 Å². The Bertz CT molecular complexity index is 371. The highest BCUT2D eigenvalue weighted by Crippen LogP contribution is 2.37. The van der Waals surface area contributed by atoms with E-state index in [1.54, 1.807) is 7.11 Å². The van der Waals surface area contributed by atoms with Gasteiger partial charge in [-0.05, 0) is 38.8 Å². The van der Waals surface area contributed by atoms with Crippen LogP contribution in [0.15, 0.2) is 18.2 Å². The first kappa shape index (κ1) is 12.4. The molecule has 1 N–H and O–H groups in total. The van der Waals surface area contributed by atoms with Gasteiger partial charge in [-0.2, -0.15) is 0 Å². The van der Waals surface area contributed by atoms with Crippen LogP contribution in [0.4, 0.5) is 0 Å². The molecule has 0 radical (unpaired) electrons. The summed E-state index contributed by atoms with van der Waals surface area (Å²) in [5, 5.41) is 3.42. The lowest BCUT2D eigenvalue weighted by atomic mass is 9.98. The zero-order valence-corrected chi connectivity index (χ0v) is 11.1. The van der Waals surface area contributed by atoms with Gasteiger partial charge in [0.1, 0.15) is 5.75 Å². The Labute approximate surface area is 104 Å². The molecule has 2 heteroatoms. The zero-order chi connectivity index (χ0) is 12.3. The normalized spacial score (nSPS) is 16.9. The van der Waals surface area contributed by atoms with Gasteiger partial charge in [0.15, 0.2) is 0 Å². The third kappa shape index (κ3) is 3.22. The first-order valence-corrected chi connectivity index (χ1v) is 6.56. The van der Waals surface area contributed by atoms with E-state index in [-0.39, 0.29) is 0 Å². The van der Waals surface area contributed by atoms with Crippen molar-refractivity contribution in [2.75, 3.05) is 14.2 Å². The van der Waals surface area contributed by atoms with Crippen LogP contribution in [0.25, 0.3) is 0 Å². The van der Waals surface area contributed by atoms with E-state index in [0.717, 1.165) is 11.7 Å². The minimum Gasteiger partial charge on any atom is -0.496 e. The topological polar surface area (TPSA) is 21.3 Å². The molecule has 0 amide bonds. The van der Waals surface area contributed by atoms with Crippen LogP contribution >= 0.6 is 0 Å². The summed E-state index contributed by atoms with van der Waals surface area (Å²) in [6, 6.07) is 6.85. The maximum Gasteiger partial charge on any atom is 0.123 e. The molecular weight excluding hydrogens is 210 g/mol. The molecule has 0 saturated heterocycles. The van der Waals surface area contributed by atoms with E-state index in [9.17, 15) is 0 Å². The monoisotopic (exact) mass is 233 g/mol. The van der Waals surface area contributed by atoms with Crippen LogP contribution < -0.4 is 10.1 Å². The van der Waals surface area contributed by atoms with Gasteiger partial charge < -0.3 is 10.1 Å². The molecule has 0 aromatic heterocycles. The van der Waals surface area contributed by atoms with Crippen molar-refractivity contribution in [3.05, 3.63) is 29.3 Å². The lowest BCUT2D eigenvalue weighted by Crippen LogP contribution is -2.17. The summed E-state index contributed by atoms with van der Waals surface area (Å²) in [6.07, 6.45) is 5.41. The number of benzene rings is 1.